The molecule has 0 aliphatic heterocycles. The highest BCUT2D eigenvalue weighted by Crippen LogP contribution is 2.31. The van der Waals surface area contributed by atoms with E-state index in [-0.39, 0.29) is 18.2 Å². The van der Waals surface area contributed by atoms with Crippen LogP contribution in [-0.2, 0) is 11.2 Å². The summed E-state index contributed by atoms with van der Waals surface area (Å²) in [5.41, 5.74) is 0.829. The summed E-state index contributed by atoms with van der Waals surface area (Å²) in [6.45, 7) is 4.94. The molecular formula is C16H25NO4. The van der Waals surface area contributed by atoms with Gasteiger partial charge in [-0.05, 0) is 38.4 Å². The molecule has 1 atom stereocenters. The highest BCUT2D eigenvalue weighted by atomic mass is 16.5. The Bertz CT molecular complexity index is 462. The van der Waals surface area contributed by atoms with Gasteiger partial charge in [-0.15, -0.1) is 0 Å². The van der Waals surface area contributed by atoms with Crippen LogP contribution in [0, 0.1) is 0 Å². The van der Waals surface area contributed by atoms with Gasteiger partial charge in [0.1, 0.15) is 0 Å². The molecule has 0 heterocycles. The lowest BCUT2D eigenvalue weighted by Crippen LogP contribution is -2.34. The van der Waals surface area contributed by atoms with Gasteiger partial charge in [-0.2, -0.15) is 0 Å². The van der Waals surface area contributed by atoms with Crippen molar-refractivity contribution >= 4 is 5.97 Å². The largest absolute Gasteiger partial charge is 0.504 e. The van der Waals surface area contributed by atoms with E-state index in [1.54, 1.807) is 6.07 Å². The lowest BCUT2D eigenvalue weighted by atomic mass is 10.0. The fourth-order valence-corrected chi connectivity index (χ4v) is 2.32. The molecule has 0 bridgehead atoms. The maximum absolute atomic E-state index is 10.7. The van der Waals surface area contributed by atoms with Crippen LogP contribution in [0.1, 0.15) is 32.3 Å². The Morgan fingerprint density at radius 1 is 1.38 bits per heavy atom. The highest BCUT2D eigenvalue weighted by molar-refractivity contribution is 5.66. The summed E-state index contributed by atoms with van der Waals surface area (Å²) in [4.78, 5) is 12.7. The first-order chi connectivity index (χ1) is 9.99. The third-order valence-electron chi connectivity index (χ3n) is 3.61. The number of ether oxygens (including phenoxy) is 1. The van der Waals surface area contributed by atoms with Gasteiger partial charge in [0.15, 0.2) is 11.5 Å². The fourth-order valence-electron chi connectivity index (χ4n) is 2.32. The molecule has 0 saturated heterocycles. The number of carbonyl (C=O) groups is 1. The zero-order chi connectivity index (χ0) is 15.8. The van der Waals surface area contributed by atoms with Gasteiger partial charge in [-0.25, -0.2) is 0 Å². The predicted molar refractivity (Wildman–Crippen MR) is 81.9 cm³/mol. The molecule has 21 heavy (non-hydrogen) atoms. The topological polar surface area (TPSA) is 70.0 Å². The quantitative estimate of drug-likeness (QED) is 0.732. The number of para-hydroxylation sites is 1. The van der Waals surface area contributed by atoms with Crippen molar-refractivity contribution in [3.63, 3.8) is 0 Å². The molecule has 0 radical (unpaired) electrons. The second kappa shape index (κ2) is 8.52. The number of hydrogen-bond acceptors (Lipinski definition) is 4. The van der Waals surface area contributed by atoms with E-state index >= 15 is 0 Å². The first kappa shape index (κ1) is 17.3. The Hall–Kier alpha value is -1.75. The van der Waals surface area contributed by atoms with Crippen LogP contribution in [0.4, 0.5) is 0 Å². The highest BCUT2D eigenvalue weighted by Gasteiger charge is 2.17. The number of likely N-dealkylation sites (N-methyl/N-ethyl adjacent to an activating group) is 1. The van der Waals surface area contributed by atoms with Gasteiger partial charge in [0, 0.05) is 12.6 Å². The van der Waals surface area contributed by atoms with Gasteiger partial charge >= 0.3 is 5.97 Å². The third kappa shape index (κ3) is 5.27. The summed E-state index contributed by atoms with van der Waals surface area (Å²) in [6.07, 6.45) is 1.67. The van der Waals surface area contributed by atoms with Crippen molar-refractivity contribution in [1.29, 1.82) is 0 Å². The van der Waals surface area contributed by atoms with E-state index in [9.17, 15) is 9.90 Å². The number of carboxylic acids is 1. The summed E-state index contributed by atoms with van der Waals surface area (Å²) < 4.78 is 5.39. The third-order valence-corrected chi connectivity index (χ3v) is 3.61. The maximum atomic E-state index is 10.7. The van der Waals surface area contributed by atoms with Crippen LogP contribution < -0.4 is 4.74 Å². The Labute approximate surface area is 126 Å². The molecule has 0 saturated carbocycles. The van der Waals surface area contributed by atoms with Crippen LogP contribution in [0.5, 0.6) is 11.5 Å². The Balaban J connectivity index is 2.76. The molecule has 1 aromatic carbocycles. The summed E-state index contributed by atoms with van der Waals surface area (Å²) in [5, 5.41) is 19.0. The van der Waals surface area contributed by atoms with E-state index in [2.05, 4.69) is 6.92 Å². The van der Waals surface area contributed by atoms with Crippen LogP contribution in [0.2, 0.25) is 0 Å². The normalized spacial score (nSPS) is 12.4. The standard InChI is InChI=1S/C16H25NO4/c1-4-13(17(3)10-9-15(18)19)11-12-7-6-8-14(16(12)20)21-5-2/h6-8,13,20H,4-5,9-11H2,1-3H3,(H,18,19). The lowest BCUT2D eigenvalue weighted by molar-refractivity contribution is -0.137. The van der Waals surface area contributed by atoms with Crippen molar-refractivity contribution in [3.8, 4) is 11.5 Å². The first-order valence-corrected chi connectivity index (χ1v) is 7.35. The first-order valence-electron chi connectivity index (χ1n) is 7.35. The van der Waals surface area contributed by atoms with Crippen LogP contribution in [0.3, 0.4) is 0 Å². The lowest BCUT2D eigenvalue weighted by Gasteiger charge is -2.27. The molecule has 0 amide bonds. The van der Waals surface area contributed by atoms with Crippen LogP contribution >= 0.6 is 0 Å². The van der Waals surface area contributed by atoms with Crippen LogP contribution in [-0.4, -0.2) is 47.3 Å². The molecule has 2 N–H and O–H groups in total. The maximum Gasteiger partial charge on any atom is 0.304 e. The minimum Gasteiger partial charge on any atom is -0.504 e. The summed E-state index contributed by atoms with van der Waals surface area (Å²) in [7, 11) is 1.92. The van der Waals surface area contributed by atoms with Gasteiger partial charge in [-0.1, -0.05) is 19.1 Å². The number of aliphatic carboxylic acids is 1. The second-order valence-corrected chi connectivity index (χ2v) is 5.09. The van der Waals surface area contributed by atoms with Crippen LogP contribution in [0.15, 0.2) is 18.2 Å². The Morgan fingerprint density at radius 2 is 2.10 bits per heavy atom. The number of rotatable bonds is 9. The van der Waals surface area contributed by atoms with Crippen molar-refractivity contribution in [2.75, 3.05) is 20.2 Å². The molecule has 1 unspecified atom stereocenters. The molecule has 118 valence electrons. The number of carboxylic acid groups (broad SMARTS) is 1. The van der Waals surface area contributed by atoms with Gasteiger partial charge in [0.05, 0.1) is 13.0 Å². The van der Waals surface area contributed by atoms with E-state index in [1.165, 1.54) is 0 Å². The Kier molecular flexibility index (Phi) is 7.02. The second-order valence-electron chi connectivity index (χ2n) is 5.09. The number of phenolic OH excluding ortho intramolecular Hbond substituents is 1. The molecule has 0 aliphatic rings. The zero-order valence-electron chi connectivity index (χ0n) is 13.0. The number of nitrogens with zero attached hydrogens (tertiary/aromatic N) is 1. The minimum absolute atomic E-state index is 0.123. The SMILES string of the molecule is CCOc1cccc(CC(CC)N(C)CCC(=O)O)c1O. The van der Waals surface area contributed by atoms with Crippen molar-refractivity contribution in [2.45, 2.75) is 39.2 Å². The van der Waals surface area contributed by atoms with E-state index < -0.39 is 5.97 Å². The van der Waals surface area contributed by atoms with E-state index in [0.29, 0.717) is 25.3 Å². The number of benzene rings is 1. The molecule has 0 aliphatic carbocycles. The molecular weight excluding hydrogens is 270 g/mol. The van der Waals surface area contributed by atoms with Gasteiger partial charge in [0.25, 0.3) is 0 Å². The summed E-state index contributed by atoms with van der Waals surface area (Å²) >= 11 is 0. The van der Waals surface area contributed by atoms with E-state index in [0.717, 1.165) is 12.0 Å². The van der Waals surface area contributed by atoms with Crippen molar-refractivity contribution in [3.05, 3.63) is 23.8 Å². The molecule has 0 spiro atoms. The molecule has 0 aromatic heterocycles. The van der Waals surface area contributed by atoms with Gasteiger partial charge < -0.3 is 19.8 Å². The van der Waals surface area contributed by atoms with Crippen molar-refractivity contribution in [1.82, 2.24) is 4.90 Å². The number of phenols is 1. The summed E-state index contributed by atoms with van der Waals surface area (Å²) in [6, 6.07) is 5.68. The minimum atomic E-state index is -0.794. The number of hydrogen-bond donors (Lipinski definition) is 2. The summed E-state index contributed by atoms with van der Waals surface area (Å²) in [5.74, 6) is -0.111. The molecule has 5 nitrogen and oxygen atoms in total. The fraction of sp³-hybridized carbons (Fsp3) is 0.562. The molecule has 0 fully saturated rings. The van der Waals surface area contributed by atoms with Gasteiger partial charge in [0.2, 0.25) is 0 Å². The van der Waals surface area contributed by atoms with E-state index in [4.69, 9.17) is 9.84 Å². The molecule has 1 aromatic rings. The van der Waals surface area contributed by atoms with Crippen molar-refractivity contribution < 1.29 is 19.7 Å². The Morgan fingerprint density at radius 3 is 2.67 bits per heavy atom. The average molecular weight is 295 g/mol. The monoisotopic (exact) mass is 295 g/mol. The zero-order valence-corrected chi connectivity index (χ0v) is 13.0. The smallest absolute Gasteiger partial charge is 0.304 e. The number of aromatic hydroxyl groups is 1. The predicted octanol–water partition coefficient (Wildman–Crippen LogP) is 2.52. The van der Waals surface area contributed by atoms with Crippen LogP contribution in [0.25, 0.3) is 0 Å². The van der Waals surface area contributed by atoms with Gasteiger partial charge in [-0.3, -0.25) is 4.79 Å². The average Bonchev–Trinajstić information content (AvgIpc) is 2.46. The molecule has 5 heteroatoms. The molecule has 1 rings (SSSR count). The van der Waals surface area contributed by atoms with Crippen molar-refractivity contribution in [2.24, 2.45) is 0 Å². The van der Waals surface area contributed by atoms with E-state index in [1.807, 2.05) is 31.0 Å².